The summed E-state index contributed by atoms with van der Waals surface area (Å²) in [5.41, 5.74) is 1.70. The van der Waals surface area contributed by atoms with Gasteiger partial charge in [0.2, 0.25) is 0 Å². The quantitative estimate of drug-likeness (QED) is 0.667. The lowest BCUT2D eigenvalue weighted by atomic mass is 9.69. The van der Waals surface area contributed by atoms with Crippen LogP contribution in [0.4, 0.5) is 0 Å². The van der Waals surface area contributed by atoms with E-state index in [9.17, 15) is 0 Å². The van der Waals surface area contributed by atoms with E-state index in [0.29, 0.717) is 5.61 Å². The highest BCUT2D eigenvalue weighted by atomic mass is 16.7. The summed E-state index contributed by atoms with van der Waals surface area (Å²) < 4.78 is 12.2. The molecule has 3 rings (SSSR count). The van der Waals surface area contributed by atoms with E-state index in [1.807, 2.05) is 64.1 Å². The molecule has 1 N–H and O–H groups in total. The van der Waals surface area contributed by atoms with E-state index in [1.54, 1.807) is 0 Å². The zero-order chi connectivity index (χ0) is 17.4. The van der Waals surface area contributed by atoms with Crippen LogP contribution in [0.5, 0.6) is 0 Å². The molecule has 1 fully saturated rings. The van der Waals surface area contributed by atoms with Crippen LogP contribution in [-0.4, -0.2) is 23.9 Å². The van der Waals surface area contributed by atoms with Crippen molar-refractivity contribution >= 4 is 12.7 Å². The molecule has 2 aromatic rings. The molecule has 1 heterocycles. The summed E-state index contributed by atoms with van der Waals surface area (Å²) in [5.74, 6) is -0.179. The van der Waals surface area contributed by atoms with Crippen LogP contribution < -0.4 is 0 Å². The fourth-order valence-electron chi connectivity index (χ4n) is 2.95. The minimum absolute atomic E-state index is 0.179. The van der Waals surface area contributed by atoms with Gasteiger partial charge in [0.15, 0.2) is 0 Å². The van der Waals surface area contributed by atoms with Crippen LogP contribution in [0.25, 0.3) is 0 Å². The Hall–Kier alpha value is -1.91. The molecular formula is C20H24BNO2. The molecule has 3 nitrogen and oxygen atoms in total. The molecular weight excluding hydrogens is 297 g/mol. The monoisotopic (exact) mass is 321 g/mol. The number of rotatable bonds is 4. The van der Waals surface area contributed by atoms with Gasteiger partial charge < -0.3 is 14.7 Å². The maximum atomic E-state index is 8.82. The molecule has 0 atom stereocenters. The fourth-order valence-corrected chi connectivity index (χ4v) is 2.95. The Morgan fingerprint density at radius 3 is 1.54 bits per heavy atom. The standard InChI is InChI=1S/C20H24BNO2/c1-19(2)20(3,4)24-21(23-19)18(22)17(15-11-7-5-8-12-15)16-13-9-6-10-14-16/h5-14,17,22H,1-4H3. The smallest absolute Gasteiger partial charge is 0.399 e. The van der Waals surface area contributed by atoms with Gasteiger partial charge in [-0.15, -0.1) is 0 Å². The van der Waals surface area contributed by atoms with Crippen LogP contribution in [-0.2, 0) is 9.31 Å². The van der Waals surface area contributed by atoms with Gasteiger partial charge in [0.1, 0.15) is 0 Å². The highest BCUT2D eigenvalue weighted by Crippen LogP contribution is 2.39. The molecule has 0 amide bonds. The first-order valence-corrected chi connectivity index (χ1v) is 8.36. The third kappa shape index (κ3) is 3.04. The summed E-state index contributed by atoms with van der Waals surface area (Å²) in [6.07, 6.45) is 0. The SMILES string of the molecule is CC1(C)OB(C(=N)C(c2ccccc2)c2ccccc2)OC1(C)C. The van der Waals surface area contributed by atoms with Crippen molar-refractivity contribution in [3.8, 4) is 0 Å². The highest BCUT2D eigenvalue weighted by molar-refractivity contribution is 6.83. The van der Waals surface area contributed by atoms with Crippen molar-refractivity contribution in [2.45, 2.75) is 44.8 Å². The molecule has 0 spiro atoms. The van der Waals surface area contributed by atoms with E-state index in [2.05, 4.69) is 24.3 Å². The molecule has 0 bridgehead atoms. The Balaban J connectivity index is 1.97. The van der Waals surface area contributed by atoms with Crippen molar-refractivity contribution in [1.82, 2.24) is 0 Å². The second-order valence-electron chi connectivity index (χ2n) is 7.30. The summed E-state index contributed by atoms with van der Waals surface area (Å²) in [5, 5.41) is 8.82. The molecule has 24 heavy (non-hydrogen) atoms. The number of hydrogen-bond acceptors (Lipinski definition) is 3. The summed E-state index contributed by atoms with van der Waals surface area (Å²) >= 11 is 0. The van der Waals surface area contributed by atoms with Crippen molar-refractivity contribution in [3.05, 3.63) is 71.8 Å². The first kappa shape index (κ1) is 16.9. The first-order valence-electron chi connectivity index (χ1n) is 8.36. The fraction of sp³-hybridized carbons (Fsp3) is 0.350. The minimum atomic E-state index is -0.639. The van der Waals surface area contributed by atoms with E-state index < -0.39 is 18.3 Å². The Kier molecular flexibility index (Phi) is 4.37. The lowest BCUT2D eigenvalue weighted by Crippen LogP contribution is -2.41. The zero-order valence-electron chi connectivity index (χ0n) is 14.7. The maximum absolute atomic E-state index is 8.82. The number of benzene rings is 2. The van der Waals surface area contributed by atoms with Crippen LogP contribution in [0.15, 0.2) is 60.7 Å². The average Bonchev–Trinajstić information content (AvgIpc) is 2.78. The van der Waals surface area contributed by atoms with Crippen LogP contribution in [0.1, 0.15) is 44.7 Å². The maximum Gasteiger partial charge on any atom is 0.510 e. The van der Waals surface area contributed by atoms with Crippen LogP contribution in [0, 0.1) is 5.41 Å². The predicted molar refractivity (Wildman–Crippen MR) is 98.5 cm³/mol. The Morgan fingerprint density at radius 2 is 1.17 bits per heavy atom. The van der Waals surface area contributed by atoms with Crippen molar-refractivity contribution in [3.63, 3.8) is 0 Å². The van der Waals surface area contributed by atoms with Gasteiger partial charge in [0.25, 0.3) is 0 Å². The second-order valence-corrected chi connectivity index (χ2v) is 7.30. The van der Waals surface area contributed by atoms with Crippen LogP contribution in [0.2, 0.25) is 0 Å². The normalized spacial score (nSPS) is 18.8. The Morgan fingerprint density at radius 1 is 0.792 bits per heavy atom. The van der Waals surface area contributed by atoms with E-state index in [1.165, 1.54) is 0 Å². The molecule has 1 aliphatic heterocycles. The molecule has 0 saturated carbocycles. The number of hydrogen-bond donors (Lipinski definition) is 1. The van der Waals surface area contributed by atoms with E-state index in [0.717, 1.165) is 11.1 Å². The van der Waals surface area contributed by atoms with Gasteiger partial charge in [-0.2, -0.15) is 0 Å². The summed E-state index contributed by atoms with van der Waals surface area (Å²) in [4.78, 5) is 0. The van der Waals surface area contributed by atoms with Gasteiger partial charge in [-0.3, -0.25) is 0 Å². The summed E-state index contributed by atoms with van der Waals surface area (Å²) in [6, 6.07) is 20.2. The molecule has 0 radical (unpaired) electrons. The van der Waals surface area contributed by atoms with Crippen molar-refractivity contribution in [2.75, 3.05) is 0 Å². The molecule has 0 aromatic heterocycles. The Bertz CT molecular complexity index is 657. The van der Waals surface area contributed by atoms with Crippen LogP contribution in [0.3, 0.4) is 0 Å². The third-order valence-electron chi connectivity index (χ3n) is 5.08. The molecule has 1 saturated heterocycles. The predicted octanol–water partition coefficient (Wildman–Crippen LogP) is 4.47. The molecule has 0 unspecified atom stereocenters. The second kappa shape index (κ2) is 6.19. The molecule has 124 valence electrons. The summed E-state index contributed by atoms with van der Waals surface area (Å²) in [6.45, 7) is 8.06. The van der Waals surface area contributed by atoms with Gasteiger partial charge in [-0.1, -0.05) is 60.7 Å². The van der Waals surface area contributed by atoms with Gasteiger partial charge in [0, 0.05) is 5.92 Å². The highest BCUT2D eigenvalue weighted by Gasteiger charge is 2.53. The minimum Gasteiger partial charge on any atom is -0.399 e. The van der Waals surface area contributed by atoms with E-state index in [4.69, 9.17) is 14.7 Å². The van der Waals surface area contributed by atoms with Crippen molar-refractivity contribution in [1.29, 1.82) is 5.41 Å². The zero-order valence-corrected chi connectivity index (χ0v) is 14.7. The van der Waals surface area contributed by atoms with E-state index in [-0.39, 0.29) is 5.92 Å². The first-order chi connectivity index (χ1) is 11.3. The van der Waals surface area contributed by atoms with Gasteiger partial charge in [0.05, 0.1) is 16.8 Å². The Labute approximate surface area is 144 Å². The average molecular weight is 321 g/mol. The van der Waals surface area contributed by atoms with Gasteiger partial charge >= 0.3 is 7.12 Å². The molecule has 4 heteroatoms. The van der Waals surface area contributed by atoms with E-state index >= 15 is 0 Å². The van der Waals surface area contributed by atoms with Crippen molar-refractivity contribution in [2.24, 2.45) is 0 Å². The molecule has 2 aromatic carbocycles. The van der Waals surface area contributed by atoms with Gasteiger partial charge in [-0.25, -0.2) is 0 Å². The van der Waals surface area contributed by atoms with Crippen LogP contribution >= 0.6 is 0 Å². The van der Waals surface area contributed by atoms with Gasteiger partial charge in [-0.05, 0) is 38.8 Å². The molecule has 0 aliphatic carbocycles. The topological polar surface area (TPSA) is 42.3 Å². The number of nitrogens with one attached hydrogen (secondary N) is 1. The lowest BCUT2D eigenvalue weighted by Gasteiger charge is -2.32. The van der Waals surface area contributed by atoms with Crippen molar-refractivity contribution < 1.29 is 9.31 Å². The largest absolute Gasteiger partial charge is 0.510 e. The lowest BCUT2D eigenvalue weighted by molar-refractivity contribution is 0.00578. The third-order valence-corrected chi connectivity index (χ3v) is 5.08. The molecule has 1 aliphatic rings. The summed E-state index contributed by atoms with van der Waals surface area (Å²) in [7, 11) is -0.639.